The Balaban J connectivity index is 2.99. The zero-order valence-electron chi connectivity index (χ0n) is 9.58. The van der Waals surface area contributed by atoms with Crippen molar-refractivity contribution in [3.63, 3.8) is 0 Å². The lowest BCUT2D eigenvalue weighted by atomic mass is 10.1. The Bertz CT molecular complexity index is 176. The van der Waals surface area contributed by atoms with Crippen molar-refractivity contribution in [2.75, 3.05) is 7.11 Å². The van der Waals surface area contributed by atoms with Crippen LogP contribution < -0.4 is 0 Å². The van der Waals surface area contributed by atoms with Crippen molar-refractivity contribution in [3.8, 4) is 0 Å². The predicted octanol–water partition coefficient (Wildman–Crippen LogP) is 3.35. The number of methoxy groups -OCH3 is 1. The quantitative estimate of drug-likeness (QED) is 0.448. The van der Waals surface area contributed by atoms with E-state index in [2.05, 4.69) is 0 Å². The average molecular weight is 214 g/mol. The number of unbranched alkanes of at least 4 members (excludes halogenated alkanes) is 6. The molecule has 0 amide bonds. The van der Waals surface area contributed by atoms with Crippen molar-refractivity contribution in [2.24, 2.45) is 0 Å². The van der Waals surface area contributed by atoms with Crippen LogP contribution in [0.1, 0.15) is 51.4 Å². The van der Waals surface area contributed by atoms with Crippen LogP contribution in [0.2, 0.25) is 0 Å². The summed E-state index contributed by atoms with van der Waals surface area (Å²) >= 11 is 0. The molecule has 0 aliphatic rings. The van der Waals surface area contributed by atoms with E-state index in [0.717, 1.165) is 25.7 Å². The third-order valence-electron chi connectivity index (χ3n) is 2.24. The van der Waals surface area contributed by atoms with Gasteiger partial charge in [0.05, 0.1) is 13.4 Å². The lowest BCUT2D eigenvalue weighted by Crippen LogP contribution is -1.93. The summed E-state index contributed by atoms with van der Waals surface area (Å²) in [6.45, 7) is 0. The Morgan fingerprint density at radius 1 is 1.13 bits per heavy atom. The van der Waals surface area contributed by atoms with Gasteiger partial charge in [-0.15, -0.1) is 0 Å². The molecule has 0 aliphatic carbocycles. The van der Waals surface area contributed by atoms with Crippen molar-refractivity contribution in [1.82, 2.24) is 0 Å². The van der Waals surface area contributed by atoms with Gasteiger partial charge in [-0.1, -0.05) is 25.7 Å². The van der Waals surface area contributed by atoms with Gasteiger partial charge in [0.1, 0.15) is 0 Å². The van der Waals surface area contributed by atoms with Crippen LogP contribution in [-0.2, 0) is 9.53 Å². The van der Waals surface area contributed by atoms with Crippen LogP contribution in [0.15, 0.2) is 12.3 Å². The first kappa shape index (κ1) is 14.0. The molecule has 3 nitrogen and oxygen atoms in total. The molecule has 0 bridgehead atoms. The molecule has 0 spiro atoms. The fourth-order valence-electron chi connectivity index (χ4n) is 1.41. The van der Waals surface area contributed by atoms with Crippen LogP contribution in [0.5, 0.6) is 0 Å². The Kier molecular flexibility index (Phi) is 10.4. The molecule has 0 aromatic heterocycles. The fraction of sp³-hybridized carbons (Fsp3) is 0.750. The molecule has 0 saturated carbocycles. The van der Waals surface area contributed by atoms with E-state index in [9.17, 15) is 4.79 Å². The number of hydrogen-bond acceptors (Lipinski definition) is 2. The summed E-state index contributed by atoms with van der Waals surface area (Å²) < 4.78 is 4.79. The number of allylic oxidation sites excluding steroid dienone is 1. The summed E-state index contributed by atoms with van der Waals surface area (Å²) in [5, 5.41) is 8.42. The summed E-state index contributed by atoms with van der Waals surface area (Å²) in [7, 11) is 1.65. The molecule has 0 heterocycles. The van der Waals surface area contributed by atoms with E-state index >= 15 is 0 Å². The van der Waals surface area contributed by atoms with E-state index in [1.807, 2.05) is 6.08 Å². The number of carbonyl (C=O) groups is 1. The van der Waals surface area contributed by atoms with Gasteiger partial charge in [-0.2, -0.15) is 0 Å². The van der Waals surface area contributed by atoms with Gasteiger partial charge in [0.2, 0.25) is 0 Å². The van der Waals surface area contributed by atoms with Gasteiger partial charge in [-0.3, -0.25) is 4.79 Å². The van der Waals surface area contributed by atoms with Crippen molar-refractivity contribution >= 4 is 5.97 Å². The highest BCUT2D eigenvalue weighted by atomic mass is 16.5. The maximum atomic E-state index is 10.2. The Morgan fingerprint density at radius 3 is 2.33 bits per heavy atom. The van der Waals surface area contributed by atoms with Gasteiger partial charge in [0.15, 0.2) is 0 Å². The molecular formula is C12H22O3. The fourth-order valence-corrected chi connectivity index (χ4v) is 1.41. The second kappa shape index (κ2) is 11.1. The highest BCUT2D eigenvalue weighted by molar-refractivity contribution is 5.66. The molecular weight excluding hydrogens is 192 g/mol. The first-order valence-electron chi connectivity index (χ1n) is 5.67. The van der Waals surface area contributed by atoms with Crippen molar-refractivity contribution < 1.29 is 14.6 Å². The van der Waals surface area contributed by atoms with Crippen LogP contribution in [-0.4, -0.2) is 18.2 Å². The zero-order chi connectivity index (χ0) is 11.4. The minimum Gasteiger partial charge on any atom is -0.505 e. The molecule has 15 heavy (non-hydrogen) atoms. The summed E-state index contributed by atoms with van der Waals surface area (Å²) in [5.74, 6) is -0.681. The molecule has 0 atom stereocenters. The highest BCUT2D eigenvalue weighted by Crippen LogP contribution is 2.08. The van der Waals surface area contributed by atoms with E-state index < -0.39 is 5.97 Å². The van der Waals surface area contributed by atoms with Gasteiger partial charge in [-0.05, 0) is 25.3 Å². The summed E-state index contributed by atoms with van der Waals surface area (Å²) in [6.07, 6.45) is 11.8. The average Bonchev–Trinajstić information content (AvgIpc) is 2.20. The second-order valence-corrected chi connectivity index (χ2v) is 3.66. The lowest BCUT2D eigenvalue weighted by molar-refractivity contribution is -0.137. The van der Waals surface area contributed by atoms with Crippen LogP contribution in [0.3, 0.4) is 0 Å². The Labute approximate surface area is 92.1 Å². The number of ether oxygens (including phenoxy) is 1. The van der Waals surface area contributed by atoms with E-state index in [4.69, 9.17) is 9.84 Å². The third kappa shape index (κ3) is 13.0. The van der Waals surface area contributed by atoms with Crippen molar-refractivity contribution in [2.45, 2.75) is 51.4 Å². The minimum atomic E-state index is -0.681. The molecule has 0 aromatic carbocycles. The van der Waals surface area contributed by atoms with E-state index in [1.54, 1.807) is 13.4 Å². The lowest BCUT2D eigenvalue weighted by Gasteiger charge is -1.99. The standard InChI is InChI=1S/C12H22O3/c1-15-11-9-7-5-3-2-4-6-8-10-12(13)14/h9,11H,2-8,10H2,1H3,(H,13,14). The molecule has 0 aromatic rings. The molecule has 1 N–H and O–H groups in total. The predicted molar refractivity (Wildman–Crippen MR) is 60.7 cm³/mol. The van der Waals surface area contributed by atoms with Crippen LogP contribution in [0, 0.1) is 0 Å². The molecule has 88 valence electrons. The minimum absolute atomic E-state index is 0.316. The van der Waals surface area contributed by atoms with Crippen LogP contribution in [0.4, 0.5) is 0 Å². The summed E-state index contributed by atoms with van der Waals surface area (Å²) in [4.78, 5) is 10.2. The Morgan fingerprint density at radius 2 is 1.73 bits per heavy atom. The van der Waals surface area contributed by atoms with E-state index in [-0.39, 0.29) is 0 Å². The first-order chi connectivity index (χ1) is 7.27. The van der Waals surface area contributed by atoms with Gasteiger partial charge in [0.25, 0.3) is 0 Å². The largest absolute Gasteiger partial charge is 0.505 e. The highest BCUT2D eigenvalue weighted by Gasteiger charge is 1.95. The molecule has 0 unspecified atom stereocenters. The molecule has 0 radical (unpaired) electrons. The number of carboxylic acids is 1. The van der Waals surface area contributed by atoms with Gasteiger partial charge < -0.3 is 9.84 Å². The maximum absolute atomic E-state index is 10.2. The summed E-state index contributed by atoms with van der Waals surface area (Å²) in [5.41, 5.74) is 0. The van der Waals surface area contributed by atoms with E-state index in [1.165, 1.54) is 19.3 Å². The number of rotatable bonds is 10. The van der Waals surface area contributed by atoms with E-state index in [0.29, 0.717) is 6.42 Å². The first-order valence-corrected chi connectivity index (χ1v) is 5.67. The smallest absolute Gasteiger partial charge is 0.303 e. The van der Waals surface area contributed by atoms with Crippen LogP contribution in [0.25, 0.3) is 0 Å². The van der Waals surface area contributed by atoms with Crippen LogP contribution >= 0.6 is 0 Å². The van der Waals surface area contributed by atoms with Gasteiger partial charge >= 0.3 is 5.97 Å². The Hall–Kier alpha value is -0.990. The van der Waals surface area contributed by atoms with Crippen molar-refractivity contribution in [3.05, 3.63) is 12.3 Å². The molecule has 3 heteroatoms. The van der Waals surface area contributed by atoms with Crippen molar-refractivity contribution in [1.29, 1.82) is 0 Å². The monoisotopic (exact) mass is 214 g/mol. The molecule has 0 rings (SSSR count). The molecule has 0 aliphatic heterocycles. The number of carboxylic acid groups (broad SMARTS) is 1. The molecule has 0 saturated heterocycles. The third-order valence-corrected chi connectivity index (χ3v) is 2.24. The SMILES string of the molecule is COC=CCCCCCCCCC(=O)O. The topological polar surface area (TPSA) is 46.5 Å². The summed E-state index contributed by atoms with van der Waals surface area (Å²) in [6, 6.07) is 0. The number of aliphatic carboxylic acids is 1. The molecule has 0 fully saturated rings. The normalized spacial score (nSPS) is 10.7. The number of hydrogen-bond donors (Lipinski definition) is 1. The second-order valence-electron chi connectivity index (χ2n) is 3.66. The zero-order valence-corrected chi connectivity index (χ0v) is 9.58. The van der Waals surface area contributed by atoms with Gasteiger partial charge in [0, 0.05) is 6.42 Å². The van der Waals surface area contributed by atoms with Gasteiger partial charge in [-0.25, -0.2) is 0 Å². The maximum Gasteiger partial charge on any atom is 0.303 e.